The molecule has 1 aromatic carbocycles. The number of halogens is 1. The van der Waals surface area contributed by atoms with Crippen LogP contribution in [0.5, 0.6) is 0 Å². The van der Waals surface area contributed by atoms with E-state index in [1.165, 1.54) is 43.2 Å². The summed E-state index contributed by atoms with van der Waals surface area (Å²) in [7, 11) is -3.17. The van der Waals surface area contributed by atoms with E-state index in [0.717, 1.165) is 58.5 Å². The number of likely N-dealkylation sites (tertiary alicyclic amines) is 1. The topological polar surface area (TPSA) is 121 Å². The number of hydrogen-bond acceptors (Lipinski definition) is 7. The van der Waals surface area contributed by atoms with E-state index in [9.17, 15) is 12.8 Å². The highest BCUT2D eigenvalue weighted by atomic mass is 32.2. The fourth-order valence-electron chi connectivity index (χ4n) is 6.04. The molecule has 0 spiro atoms. The van der Waals surface area contributed by atoms with Gasteiger partial charge in [-0.3, -0.25) is 15.0 Å². The predicted octanol–water partition coefficient (Wildman–Crippen LogP) is 5.94. The van der Waals surface area contributed by atoms with Crippen molar-refractivity contribution in [1.29, 1.82) is 0 Å². The lowest BCUT2D eigenvalue weighted by molar-refractivity contribution is 0.220. The Morgan fingerprint density at radius 2 is 1.70 bits per heavy atom. The monoisotopic (exact) mass is 609 g/mol. The SMILES string of the molecule is CS(=O)(=O)CCc1cc(F)cc(-c2ccnc3[nH]c(-c4[nH]nc5ncc(-c6cncc(CN7CCCCC7)c6)cc45)cc23)c1. The van der Waals surface area contributed by atoms with Crippen molar-refractivity contribution in [2.45, 2.75) is 32.2 Å². The van der Waals surface area contributed by atoms with Gasteiger partial charge in [0.05, 0.1) is 17.1 Å². The first-order valence-electron chi connectivity index (χ1n) is 14.8. The molecule has 0 amide bonds. The summed E-state index contributed by atoms with van der Waals surface area (Å²) in [5, 5.41) is 9.24. The highest BCUT2D eigenvalue weighted by Gasteiger charge is 2.17. The Morgan fingerprint density at radius 1 is 0.886 bits per heavy atom. The number of H-pyrrole nitrogens is 2. The highest BCUT2D eigenvalue weighted by Crippen LogP contribution is 2.35. The summed E-state index contributed by atoms with van der Waals surface area (Å²) in [5.74, 6) is -0.461. The molecule has 9 nitrogen and oxygen atoms in total. The van der Waals surface area contributed by atoms with Crippen molar-refractivity contribution in [3.05, 3.63) is 84.2 Å². The van der Waals surface area contributed by atoms with E-state index < -0.39 is 15.7 Å². The van der Waals surface area contributed by atoms with Crippen LogP contribution in [-0.4, -0.2) is 68.5 Å². The molecule has 0 atom stereocenters. The van der Waals surface area contributed by atoms with E-state index in [2.05, 4.69) is 47.2 Å². The quantitative estimate of drug-likeness (QED) is 0.219. The summed E-state index contributed by atoms with van der Waals surface area (Å²) in [4.78, 5) is 19.6. The van der Waals surface area contributed by atoms with Crippen LogP contribution < -0.4 is 0 Å². The Balaban J connectivity index is 1.23. The minimum Gasteiger partial charge on any atom is -0.338 e. The molecule has 0 radical (unpaired) electrons. The molecule has 2 N–H and O–H groups in total. The first-order valence-corrected chi connectivity index (χ1v) is 16.8. The molecule has 11 heteroatoms. The third-order valence-electron chi connectivity index (χ3n) is 8.22. The summed E-state index contributed by atoms with van der Waals surface area (Å²) in [5.41, 5.74) is 7.97. The predicted molar refractivity (Wildman–Crippen MR) is 170 cm³/mol. The van der Waals surface area contributed by atoms with Crippen molar-refractivity contribution in [1.82, 2.24) is 35.0 Å². The Hall–Kier alpha value is -4.48. The maximum Gasteiger partial charge on any atom is 0.181 e. The van der Waals surface area contributed by atoms with Gasteiger partial charge in [0.2, 0.25) is 0 Å². The zero-order chi connectivity index (χ0) is 30.3. The smallest absolute Gasteiger partial charge is 0.181 e. The summed E-state index contributed by atoms with van der Waals surface area (Å²) in [6.07, 6.45) is 12.5. The van der Waals surface area contributed by atoms with Crippen LogP contribution in [0.25, 0.3) is 55.7 Å². The Kier molecular flexibility index (Phi) is 7.43. The molecule has 44 heavy (non-hydrogen) atoms. The van der Waals surface area contributed by atoms with Crippen molar-refractivity contribution in [2.24, 2.45) is 0 Å². The number of fused-ring (bicyclic) bond motifs is 2. The average Bonchev–Trinajstić information content (AvgIpc) is 3.64. The van der Waals surface area contributed by atoms with Gasteiger partial charge in [-0.25, -0.2) is 22.8 Å². The van der Waals surface area contributed by atoms with Gasteiger partial charge in [0, 0.05) is 59.5 Å². The number of aromatic amines is 2. The van der Waals surface area contributed by atoms with Gasteiger partial charge in [-0.2, -0.15) is 5.10 Å². The van der Waals surface area contributed by atoms with Crippen LogP contribution in [-0.2, 0) is 22.8 Å². The van der Waals surface area contributed by atoms with Gasteiger partial charge in [0.15, 0.2) is 5.65 Å². The normalized spacial score (nSPS) is 14.5. The highest BCUT2D eigenvalue weighted by molar-refractivity contribution is 7.90. The second kappa shape index (κ2) is 11.5. The van der Waals surface area contributed by atoms with Crippen molar-refractivity contribution in [2.75, 3.05) is 25.1 Å². The molecular formula is C33H32FN7O2S. The number of aromatic nitrogens is 6. The van der Waals surface area contributed by atoms with Crippen LogP contribution >= 0.6 is 0 Å². The molecule has 1 aliphatic rings. The molecular weight excluding hydrogens is 577 g/mol. The van der Waals surface area contributed by atoms with Crippen molar-refractivity contribution < 1.29 is 12.8 Å². The third kappa shape index (κ3) is 5.97. The van der Waals surface area contributed by atoms with Crippen molar-refractivity contribution >= 4 is 31.9 Å². The molecule has 6 heterocycles. The summed E-state index contributed by atoms with van der Waals surface area (Å²) >= 11 is 0. The first-order chi connectivity index (χ1) is 21.3. The molecule has 0 bridgehead atoms. The number of nitrogens with zero attached hydrogens (tertiary/aromatic N) is 5. The molecule has 1 saturated heterocycles. The Morgan fingerprint density at radius 3 is 2.55 bits per heavy atom. The lowest BCUT2D eigenvalue weighted by Crippen LogP contribution is -2.29. The number of rotatable bonds is 8. The lowest BCUT2D eigenvalue weighted by atomic mass is 10.00. The van der Waals surface area contributed by atoms with Crippen LogP contribution in [0.3, 0.4) is 0 Å². The van der Waals surface area contributed by atoms with Gasteiger partial charge in [0.25, 0.3) is 0 Å². The Bertz CT molecular complexity index is 2100. The molecule has 0 unspecified atom stereocenters. The van der Waals surface area contributed by atoms with Crippen LogP contribution in [0.1, 0.15) is 30.4 Å². The van der Waals surface area contributed by atoms with Gasteiger partial charge in [-0.15, -0.1) is 0 Å². The maximum atomic E-state index is 14.7. The van der Waals surface area contributed by atoms with Gasteiger partial charge in [-0.1, -0.05) is 12.5 Å². The van der Waals surface area contributed by atoms with E-state index >= 15 is 0 Å². The first kappa shape index (κ1) is 28.3. The fourth-order valence-corrected chi connectivity index (χ4v) is 6.64. The Labute approximate surface area is 254 Å². The lowest BCUT2D eigenvalue weighted by Gasteiger charge is -2.26. The molecule has 0 aliphatic carbocycles. The largest absolute Gasteiger partial charge is 0.338 e. The molecule has 6 aromatic rings. The standard InChI is InChI=1S/C33H32FN7O2S/c1-44(42,43)10-6-21-11-23(14-26(34)13-21)27-5-7-36-32-28(27)16-30(38-32)31-29-15-25(19-37-33(29)40-39-31)24-12-22(17-35-18-24)20-41-8-3-2-4-9-41/h5,7,11-19H,2-4,6,8-10,20H2,1H3,(H,36,38)(H,37,39,40). The van der Waals surface area contributed by atoms with Crippen LogP contribution in [0, 0.1) is 5.82 Å². The number of pyridine rings is 3. The molecule has 224 valence electrons. The molecule has 1 fully saturated rings. The minimum absolute atomic E-state index is 0.0440. The number of nitrogens with one attached hydrogen (secondary N) is 2. The number of benzene rings is 1. The molecule has 7 rings (SSSR count). The second-order valence-electron chi connectivity index (χ2n) is 11.6. The number of piperidine rings is 1. The van der Waals surface area contributed by atoms with Gasteiger partial charge in [-0.05, 0) is 91.0 Å². The summed E-state index contributed by atoms with van der Waals surface area (Å²) in [6, 6.07) is 12.8. The van der Waals surface area contributed by atoms with E-state index in [1.54, 1.807) is 6.20 Å². The molecule has 0 saturated carbocycles. The van der Waals surface area contributed by atoms with E-state index in [0.29, 0.717) is 22.4 Å². The maximum absolute atomic E-state index is 14.7. The van der Waals surface area contributed by atoms with Crippen LogP contribution in [0.2, 0.25) is 0 Å². The number of sulfone groups is 1. The number of aryl methyl sites for hydroxylation is 1. The third-order valence-corrected chi connectivity index (χ3v) is 9.17. The molecule has 5 aromatic heterocycles. The van der Waals surface area contributed by atoms with Crippen LogP contribution in [0.15, 0.2) is 67.3 Å². The minimum atomic E-state index is -3.17. The van der Waals surface area contributed by atoms with Gasteiger partial charge in [0.1, 0.15) is 21.3 Å². The average molecular weight is 610 g/mol. The van der Waals surface area contributed by atoms with Gasteiger partial charge < -0.3 is 4.98 Å². The zero-order valence-electron chi connectivity index (χ0n) is 24.3. The van der Waals surface area contributed by atoms with E-state index in [4.69, 9.17) is 0 Å². The number of hydrogen-bond donors (Lipinski definition) is 2. The summed E-state index contributed by atoms with van der Waals surface area (Å²) < 4.78 is 38.0. The fraction of sp³-hybridized carbons (Fsp3) is 0.273. The second-order valence-corrected chi connectivity index (χ2v) is 13.9. The van der Waals surface area contributed by atoms with E-state index in [-0.39, 0.29) is 12.2 Å². The van der Waals surface area contributed by atoms with Crippen molar-refractivity contribution in [3.63, 3.8) is 0 Å². The zero-order valence-corrected chi connectivity index (χ0v) is 25.2. The van der Waals surface area contributed by atoms with Crippen LogP contribution in [0.4, 0.5) is 4.39 Å². The van der Waals surface area contributed by atoms with Gasteiger partial charge >= 0.3 is 0 Å². The van der Waals surface area contributed by atoms with E-state index in [1.807, 2.05) is 36.8 Å². The van der Waals surface area contributed by atoms with Crippen molar-refractivity contribution in [3.8, 4) is 33.6 Å². The molecule has 1 aliphatic heterocycles. The summed E-state index contributed by atoms with van der Waals surface area (Å²) in [6.45, 7) is 3.14.